The van der Waals surface area contributed by atoms with E-state index in [0.29, 0.717) is 12.0 Å². The van der Waals surface area contributed by atoms with Gasteiger partial charge >= 0.3 is 0 Å². The summed E-state index contributed by atoms with van der Waals surface area (Å²) in [6, 6.07) is 9.84. The average molecular weight is 511 g/mol. The Hall–Kier alpha value is -2.36. The van der Waals surface area contributed by atoms with Gasteiger partial charge in [0, 0.05) is 31.6 Å². The molecule has 2 aromatic rings. The van der Waals surface area contributed by atoms with Gasteiger partial charge in [-0.05, 0) is 48.1 Å². The van der Waals surface area contributed by atoms with E-state index < -0.39 is 39.5 Å². The number of amides is 1. The first-order chi connectivity index (χ1) is 16.5. The number of aliphatic hydroxyl groups is 1. The fourth-order valence-electron chi connectivity index (χ4n) is 3.79. The number of unbranched alkanes of at least 4 members (excludes halogenated alkanes) is 1. The summed E-state index contributed by atoms with van der Waals surface area (Å²) in [4.78, 5) is 14.4. The molecule has 194 valence electrons. The second kappa shape index (κ2) is 13.7. The highest BCUT2D eigenvalue weighted by molar-refractivity contribution is 7.91. The first-order valence-electron chi connectivity index (χ1n) is 12.0. The number of halogens is 2. The van der Waals surface area contributed by atoms with Gasteiger partial charge in [-0.25, -0.2) is 17.2 Å². The van der Waals surface area contributed by atoms with E-state index in [1.807, 2.05) is 38.1 Å². The number of aliphatic hydroxyl groups excluding tert-OH is 1. The van der Waals surface area contributed by atoms with Crippen molar-refractivity contribution in [3.63, 3.8) is 0 Å². The summed E-state index contributed by atoms with van der Waals surface area (Å²) in [6.45, 7) is 3.96. The minimum atomic E-state index is -3.36. The van der Waals surface area contributed by atoms with Crippen LogP contribution in [0.4, 0.5) is 8.78 Å². The zero-order chi connectivity index (χ0) is 26.0. The quantitative estimate of drug-likeness (QED) is 0.406. The number of aryl methyl sites for hydroxylation is 1. The Morgan fingerprint density at radius 2 is 1.69 bits per heavy atom. The molecule has 0 heterocycles. The monoisotopic (exact) mass is 510 g/mol. The smallest absolute Gasteiger partial charge is 0.223 e. The molecule has 0 aromatic heterocycles. The minimum Gasteiger partial charge on any atom is -0.390 e. The molecule has 2 rings (SSSR count). The van der Waals surface area contributed by atoms with Crippen molar-refractivity contribution in [2.24, 2.45) is 5.73 Å². The zero-order valence-corrected chi connectivity index (χ0v) is 21.2. The van der Waals surface area contributed by atoms with Crippen LogP contribution in [0.2, 0.25) is 0 Å². The van der Waals surface area contributed by atoms with Crippen LogP contribution < -0.4 is 5.73 Å². The lowest BCUT2D eigenvalue weighted by Gasteiger charge is -2.28. The molecular formula is C26H36F2N2O4S. The number of rotatable bonds is 14. The van der Waals surface area contributed by atoms with Gasteiger partial charge in [0.05, 0.1) is 17.6 Å². The number of nitrogens with two attached hydrogens (primary N) is 1. The highest BCUT2D eigenvalue weighted by atomic mass is 32.2. The van der Waals surface area contributed by atoms with Crippen LogP contribution in [-0.4, -0.2) is 54.5 Å². The van der Waals surface area contributed by atoms with Gasteiger partial charge in [-0.2, -0.15) is 0 Å². The first kappa shape index (κ1) is 28.9. The van der Waals surface area contributed by atoms with E-state index in [4.69, 9.17) is 5.73 Å². The van der Waals surface area contributed by atoms with Crippen molar-refractivity contribution < 1.29 is 27.1 Å². The molecule has 6 nitrogen and oxygen atoms in total. The van der Waals surface area contributed by atoms with E-state index in [-0.39, 0.29) is 37.4 Å². The average Bonchev–Trinajstić information content (AvgIpc) is 2.80. The standard InChI is InChI=1S/C26H36F2N2O4S/c1-3-5-10-35(33,34)11-9-26(32)30(17-20-8-6-7-19(4-2)12-20)18-25(31)24(29)15-21-13-22(27)16-23(28)14-21/h6-8,12-14,16,24-25,31H,3-5,9-11,15,17-18,29H2,1-2H3. The van der Waals surface area contributed by atoms with Crippen molar-refractivity contribution in [2.75, 3.05) is 18.1 Å². The molecule has 0 bridgehead atoms. The van der Waals surface area contributed by atoms with Crippen molar-refractivity contribution in [1.82, 2.24) is 4.90 Å². The molecule has 9 heteroatoms. The molecular weight excluding hydrogens is 474 g/mol. The highest BCUT2D eigenvalue weighted by Gasteiger charge is 2.24. The minimum absolute atomic E-state index is 0.00853. The maximum Gasteiger partial charge on any atom is 0.223 e. The fourth-order valence-corrected chi connectivity index (χ4v) is 5.21. The SMILES string of the molecule is CCCCS(=O)(=O)CCC(=O)N(Cc1cccc(CC)c1)CC(O)C(N)Cc1cc(F)cc(F)c1. The molecule has 3 N–H and O–H groups in total. The summed E-state index contributed by atoms with van der Waals surface area (Å²) >= 11 is 0. The molecule has 0 saturated heterocycles. The van der Waals surface area contributed by atoms with Crippen LogP contribution in [-0.2, 0) is 34.0 Å². The van der Waals surface area contributed by atoms with Crippen LogP contribution in [0.1, 0.15) is 49.8 Å². The lowest BCUT2D eigenvalue weighted by molar-refractivity contribution is -0.133. The van der Waals surface area contributed by atoms with Gasteiger partial charge in [0.25, 0.3) is 0 Å². The van der Waals surface area contributed by atoms with Crippen LogP contribution >= 0.6 is 0 Å². The van der Waals surface area contributed by atoms with Crippen molar-refractivity contribution in [2.45, 2.75) is 64.6 Å². The Kier molecular flexibility index (Phi) is 11.3. The molecule has 2 aromatic carbocycles. The first-order valence-corrected chi connectivity index (χ1v) is 13.8. The second-order valence-electron chi connectivity index (χ2n) is 8.92. The third kappa shape index (κ3) is 10.0. The van der Waals surface area contributed by atoms with Gasteiger partial charge in [-0.15, -0.1) is 0 Å². The number of sulfone groups is 1. The Morgan fingerprint density at radius 1 is 1.03 bits per heavy atom. The van der Waals surface area contributed by atoms with Crippen molar-refractivity contribution >= 4 is 15.7 Å². The van der Waals surface area contributed by atoms with Gasteiger partial charge in [0.15, 0.2) is 9.84 Å². The molecule has 2 unspecified atom stereocenters. The molecule has 0 fully saturated rings. The molecule has 0 saturated carbocycles. The molecule has 0 radical (unpaired) electrons. The molecule has 2 atom stereocenters. The Morgan fingerprint density at radius 3 is 2.31 bits per heavy atom. The van der Waals surface area contributed by atoms with E-state index in [2.05, 4.69) is 0 Å². The molecule has 1 amide bonds. The highest BCUT2D eigenvalue weighted by Crippen LogP contribution is 2.15. The number of hydrogen-bond acceptors (Lipinski definition) is 5. The van der Waals surface area contributed by atoms with Gasteiger partial charge in [0.2, 0.25) is 5.91 Å². The number of carbonyl (C=O) groups excluding carboxylic acids is 1. The van der Waals surface area contributed by atoms with E-state index in [0.717, 1.165) is 42.2 Å². The lowest BCUT2D eigenvalue weighted by atomic mass is 10.0. The molecule has 0 aliphatic heterocycles. The zero-order valence-electron chi connectivity index (χ0n) is 20.4. The lowest BCUT2D eigenvalue weighted by Crippen LogP contribution is -2.46. The Labute approximate surface area is 207 Å². The maximum absolute atomic E-state index is 13.5. The topological polar surface area (TPSA) is 101 Å². The maximum atomic E-state index is 13.5. The summed E-state index contributed by atoms with van der Waals surface area (Å²) in [6.07, 6.45) is 0.724. The molecule has 35 heavy (non-hydrogen) atoms. The Balaban J connectivity index is 2.14. The van der Waals surface area contributed by atoms with Crippen LogP contribution in [0.3, 0.4) is 0 Å². The van der Waals surface area contributed by atoms with Crippen molar-refractivity contribution in [3.8, 4) is 0 Å². The summed E-state index contributed by atoms with van der Waals surface area (Å²) in [5.41, 5.74) is 8.33. The van der Waals surface area contributed by atoms with E-state index >= 15 is 0 Å². The number of benzene rings is 2. The Bertz CT molecular complexity index is 1060. The normalized spacial score (nSPS) is 13.4. The fraction of sp³-hybridized carbons (Fsp3) is 0.500. The molecule has 0 aliphatic rings. The molecule has 0 aliphatic carbocycles. The summed E-state index contributed by atoms with van der Waals surface area (Å²) in [5.74, 6) is -2.11. The largest absolute Gasteiger partial charge is 0.390 e. The van der Waals surface area contributed by atoms with Gasteiger partial charge in [-0.1, -0.05) is 44.5 Å². The van der Waals surface area contributed by atoms with Gasteiger partial charge in [-0.3, -0.25) is 4.79 Å². The summed E-state index contributed by atoms with van der Waals surface area (Å²) < 4.78 is 51.5. The van der Waals surface area contributed by atoms with Crippen LogP contribution in [0.5, 0.6) is 0 Å². The van der Waals surface area contributed by atoms with E-state index in [1.54, 1.807) is 0 Å². The van der Waals surface area contributed by atoms with Crippen LogP contribution in [0.15, 0.2) is 42.5 Å². The predicted molar refractivity (Wildman–Crippen MR) is 133 cm³/mol. The van der Waals surface area contributed by atoms with Gasteiger partial charge < -0.3 is 15.7 Å². The number of nitrogens with zero attached hydrogens (tertiary/aromatic N) is 1. The van der Waals surface area contributed by atoms with E-state index in [1.165, 1.54) is 4.90 Å². The summed E-state index contributed by atoms with van der Waals surface area (Å²) in [7, 11) is -3.36. The predicted octanol–water partition coefficient (Wildman–Crippen LogP) is 3.39. The second-order valence-corrected chi connectivity index (χ2v) is 11.2. The van der Waals surface area contributed by atoms with Gasteiger partial charge in [0.1, 0.15) is 11.6 Å². The third-order valence-corrected chi connectivity index (χ3v) is 7.59. The molecule has 0 spiro atoms. The summed E-state index contributed by atoms with van der Waals surface area (Å²) in [5, 5.41) is 10.7. The van der Waals surface area contributed by atoms with Crippen molar-refractivity contribution in [3.05, 3.63) is 70.8 Å². The van der Waals surface area contributed by atoms with Crippen LogP contribution in [0.25, 0.3) is 0 Å². The number of carbonyl (C=O) groups is 1. The van der Waals surface area contributed by atoms with E-state index in [9.17, 15) is 27.1 Å². The van der Waals surface area contributed by atoms with Crippen LogP contribution in [0, 0.1) is 11.6 Å². The third-order valence-electron chi connectivity index (χ3n) is 5.86. The number of hydrogen-bond donors (Lipinski definition) is 2. The van der Waals surface area contributed by atoms with Crippen molar-refractivity contribution in [1.29, 1.82) is 0 Å².